The van der Waals surface area contributed by atoms with Crippen LogP contribution in [0.5, 0.6) is 0 Å². The van der Waals surface area contributed by atoms with Crippen LogP contribution in [0.15, 0.2) is 127 Å². The third-order valence-corrected chi connectivity index (χ3v) is 5.87. The summed E-state index contributed by atoms with van der Waals surface area (Å²) in [7, 11) is 0. The van der Waals surface area contributed by atoms with Gasteiger partial charge >= 0.3 is 0 Å². The largest absolute Gasteiger partial charge is 1.00 e. The van der Waals surface area contributed by atoms with Gasteiger partial charge in [-0.05, 0) is 42.3 Å². The molecule has 1 heterocycles. The summed E-state index contributed by atoms with van der Waals surface area (Å²) in [5.41, 5.74) is 9.89. The molecule has 33 heavy (non-hydrogen) atoms. The second-order valence-corrected chi connectivity index (χ2v) is 8.18. The van der Waals surface area contributed by atoms with Gasteiger partial charge in [-0.3, -0.25) is 0 Å². The number of aromatic nitrogens is 1. The summed E-state index contributed by atoms with van der Waals surface area (Å²) in [6.45, 7) is 2.94. The summed E-state index contributed by atoms with van der Waals surface area (Å²) in [5, 5.41) is 0. The van der Waals surface area contributed by atoms with E-state index in [1.807, 2.05) is 0 Å². The van der Waals surface area contributed by atoms with Crippen LogP contribution in [-0.2, 0) is 6.54 Å². The molecule has 0 spiro atoms. The SMILES string of the molecule is Cc1ccc(C[n+]2c(-c3ccccc3)cc(-c3ccccc3)cc2-c2ccccc2)cc1.[I-]. The second kappa shape index (κ2) is 10.6. The fourth-order valence-corrected chi connectivity index (χ4v) is 4.16. The molecule has 5 rings (SSSR count). The van der Waals surface area contributed by atoms with Crippen LogP contribution in [0.2, 0.25) is 0 Å². The Balaban J connectivity index is 0.00000259. The van der Waals surface area contributed by atoms with Gasteiger partial charge in [-0.1, -0.05) is 96.6 Å². The average Bonchev–Trinajstić information content (AvgIpc) is 2.87. The van der Waals surface area contributed by atoms with Crippen LogP contribution < -0.4 is 28.5 Å². The minimum atomic E-state index is 0. The Kier molecular flexibility index (Phi) is 7.36. The van der Waals surface area contributed by atoms with Crippen molar-refractivity contribution in [3.8, 4) is 33.6 Å². The first-order chi connectivity index (χ1) is 15.8. The second-order valence-electron chi connectivity index (χ2n) is 8.18. The number of halogens is 1. The van der Waals surface area contributed by atoms with Crippen molar-refractivity contribution in [2.75, 3.05) is 0 Å². The first-order valence-electron chi connectivity index (χ1n) is 11.1. The van der Waals surface area contributed by atoms with Gasteiger partial charge in [0.15, 0.2) is 6.54 Å². The van der Waals surface area contributed by atoms with Gasteiger partial charge in [0.05, 0.1) is 0 Å². The highest BCUT2D eigenvalue weighted by atomic mass is 127. The topological polar surface area (TPSA) is 3.88 Å². The molecular weight excluding hydrogens is 513 g/mol. The van der Waals surface area contributed by atoms with Gasteiger partial charge in [-0.15, -0.1) is 0 Å². The van der Waals surface area contributed by atoms with Crippen molar-refractivity contribution in [1.82, 2.24) is 0 Å². The lowest BCUT2D eigenvalue weighted by molar-refractivity contribution is -0.666. The van der Waals surface area contributed by atoms with Crippen LogP contribution in [0.1, 0.15) is 11.1 Å². The number of rotatable bonds is 5. The molecule has 0 bridgehead atoms. The van der Waals surface area contributed by atoms with Crippen molar-refractivity contribution >= 4 is 0 Å². The smallest absolute Gasteiger partial charge is 0.213 e. The normalized spacial score (nSPS) is 10.5. The zero-order valence-corrected chi connectivity index (χ0v) is 20.8. The molecule has 1 aromatic heterocycles. The predicted molar refractivity (Wildman–Crippen MR) is 133 cm³/mol. The van der Waals surface area contributed by atoms with Crippen LogP contribution in [0.3, 0.4) is 0 Å². The molecule has 1 nitrogen and oxygen atoms in total. The quantitative estimate of drug-likeness (QED) is 0.231. The maximum atomic E-state index is 2.45. The molecule has 0 atom stereocenters. The van der Waals surface area contributed by atoms with E-state index in [9.17, 15) is 0 Å². The van der Waals surface area contributed by atoms with Crippen LogP contribution >= 0.6 is 0 Å². The Morgan fingerprint density at radius 2 is 0.909 bits per heavy atom. The van der Waals surface area contributed by atoms with E-state index in [-0.39, 0.29) is 24.0 Å². The number of benzene rings is 4. The number of aryl methyl sites for hydroxylation is 1. The van der Waals surface area contributed by atoms with Gasteiger partial charge in [0, 0.05) is 28.8 Å². The van der Waals surface area contributed by atoms with Crippen LogP contribution in [0, 0.1) is 6.92 Å². The lowest BCUT2D eigenvalue weighted by Crippen LogP contribution is -3.00. The first-order valence-corrected chi connectivity index (χ1v) is 11.1. The first kappa shape index (κ1) is 22.9. The fourth-order valence-electron chi connectivity index (χ4n) is 4.16. The number of pyridine rings is 1. The standard InChI is InChI=1S/C31H26N.HI/c1-24-17-19-25(20-18-24)23-32-30(27-13-7-3-8-14-27)21-29(26-11-5-2-6-12-26)22-31(32)28-15-9-4-10-16-28;/h2-22H,23H2,1H3;1H/q+1;/p-1. The lowest BCUT2D eigenvalue weighted by atomic mass is 9.98. The highest BCUT2D eigenvalue weighted by molar-refractivity contribution is 5.73. The summed E-state index contributed by atoms with van der Waals surface area (Å²) >= 11 is 0. The molecule has 4 aromatic carbocycles. The van der Waals surface area contributed by atoms with Gasteiger partial charge in [0.1, 0.15) is 0 Å². The van der Waals surface area contributed by atoms with Gasteiger partial charge in [-0.25, -0.2) is 0 Å². The highest BCUT2D eigenvalue weighted by Gasteiger charge is 2.23. The van der Waals surface area contributed by atoms with Crippen LogP contribution in [-0.4, -0.2) is 0 Å². The molecule has 0 saturated heterocycles. The van der Waals surface area contributed by atoms with E-state index < -0.39 is 0 Å². The molecule has 0 unspecified atom stereocenters. The number of hydrogen-bond acceptors (Lipinski definition) is 0. The van der Waals surface area contributed by atoms with Crippen molar-refractivity contribution in [3.63, 3.8) is 0 Å². The summed E-state index contributed by atoms with van der Waals surface area (Å²) in [4.78, 5) is 0. The van der Waals surface area contributed by atoms with E-state index in [0.29, 0.717) is 0 Å². The molecule has 0 aliphatic rings. The lowest BCUT2D eigenvalue weighted by Gasteiger charge is -2.13. The average molecular weight is 539 g/mol. The highest BCUT2D eigenvalue weighted by Crippen LogP contribution is 2.29. The number of nitrogens with zero attached hydrogens (tertiary/aromatic N) is 1. The zero-order valence-electron chi connectivity index (χ0n) is 18.7. The molecule has 2 heteroatoms. The molecule has 0 amide bonds. The van der Waals surface area contributed by atoms with Gasteiger partial charge in [0.25, 0.3) is 0 Å². The minimum absolute atomic E-state index is 0. The van der Waals surface area contributed by atoms with Crippen LogP contribution in [0.25, 0.3) is 33.6 Å². The van der Waals surface area contributed by atoms with E-state index in [2.05, 4.69) is 139 Å². The van der Waals surface area contributed by atoms with Gasteiger partial charge < -0.3 is 24.0 Å². The Bertz CT molecular complexity index is 1250. The maximum absolute atomic E-state index is 2.45. The van der Waals surface area contributed by atoms with Crippen molar-refractivity contribution in [1.29, 1.82) is 0 Å². The van der Waals surface area contributed by atoms with Crippen molar-refractivity contribution < 1.29 is 28.5 Å². The van der Waals surface area contributed by atoms with Gasteiger partial charge in [-0.2, -0.15) is 4.57 Å². The molecule has 0 fully saturated rings. The van der Waals surface area contributed by atoms with Crippen molar-refractivity contribution in [2.45, 2.75) is 13.5 Å². The summed E-state index contributed by atoms with van der Waals surface area (Å²) in [6, 6.07) is 45.6. The summed E-state index contributed by atoms with van der Waals surface area (Å²) < 4.78 is 2.45. The number of hydrogen-bond donors (Lipinski definition) is 0. The molecule has 5 aromatic rings. The molecule has 0 aliphatic heterocycles. The molecular formula is C31H26IN. The molecule has 0 N–H and O–H groups in total. The third-order valence-electron chi connectivity index (χ3n) is 5.87. The Labute approximate surface area is 213 Å². The van der Waals surface area contributed by atoms with E-state index in [4.69, 9.17) is 0 Å². The minimum Gasteiger partial charge on any atom is -1.00 e. The molecule has 0 saturated carbocycles. The van der Waals surface area contributed by atoms with Crippen molar-refractivity contribution in [3.05, 3.63) is 139 Å². The van der Waals surface area contributed by atoms with E-state index >= 15 is 0 Å². The monoisotopic (exact) mass is 539 g/mol. The Morgan fingerprint density at radius 3 is 1.36 bits per heavy atom. The Hall–Kier alpha value is -3.24. The van der Waals surface area contributed by atoms with E-state index in [1.54, 1.807) is 0 Å². The predicted octanol–water partition coefficient (Wildman–Crippen LogP) is 4.34. The summed E-state index contributed by atoms with van der Waals surface area (Å²) in [6.07, 6.45) is 0. The Morgan fingerprint density at radius 1 is 0.485 bits per heavy atom. The molecule has 162 valence electrons. The van der Waals surface area contributed by atoms with E-state index in [1.165, 1.54) is 44.8 Å². The summed E-state index contributed by atoms with van der Waals surface area (Å²) in [5.74, 6) is 0. The molecule has 0 aliphatic carbocycles. The van der Waals surface area contributed by atoms with Gasteiger partial charge in [0.2, 0.25) is 11.4 Å². The third kappa shape index (κ3) is 5.23. The van der Waals surface area contributed by atoms with Crippen molar-refractivity contribution in [2.24, 2.45) is 0 Å². The van der Waals surface area contributed by atoms with Crippen LogP contribution in [0.4, 0.5) is 0 Å². The zero-order chi connectivity index (χ0) is 21.8. The molecule has 0 radical (unpaired) electrons. The maximum Gasteiger partial charge on any atom is 0.213 e. The van der Waals surface area contributed by atoms with E-state index in [0.717, 1.165) is 6.54 Å². The fraction of sp³-hybridized carbons (Fsp3) is 0.0645.